The molecule has 0 aromatic heterocycles. The second-order valence-electron chi connectivity index (χ2n) is 15.1. The molecule has 1 aliphatic heterocycles. The monoisotopic (exact) mass is 564 g/mol. The summed E-state index contributed by atoms with van der Waals surface area (Å²) in [5, 5.41) is 10.4. The molecule has 5 aliphatic rings. The van der Waals surface area contributed by atoms with Gasteiger partial charge in [-0.3, -0.25) is 0 Å². The van der Waals surface area contributed by atoms with Gasteiger partial charge in [0.05, 0.1) is 24.9 Å². The predicted molar refractivity (Wildman–Crippen MR) is 160 cm³/mol. The van der Waals surface area contributed by atoms with Gasteiger partial charge in [-0.25, -0.2) is 4.79 Å². The van der Waals surface area contributed by atoms with E-state index in [9.17, 15) is 9.90 Å². The third-order valence-corrected chi connectivity index (χ3v) is 12.7. The molecule has 1 heterocycles. The van der Waals surface area contributed by atoms with Gasteiger partial charge in [0.15, 0.2) is 5.79 Å². The van der Waals surface area contributed by atoms with Gasteiger partial charge in [0.25, 0.3) is 0 Å². The number of fused-ring (bicyclic) bond motifs is 5. The summed E-state index contributed by atoms with van der Waals surface area (Å²) in [5.74, 6) is 2.49. The van der Waals surface area contributed by atoms with Crippen LogP contribution >= 0.6 is 0 Å². The van der Waals surface area contributed by atoms with Crippen LogP contribution in [0.3, 0.4) is 0 Å². The average Bonchev–Trinajstić information content (AvgIpc) is 3.56. The average molecular weight is 565 g/mol. The first kappa shape index (κ1) is 29.4. The van der Waals surface area contributed by atoms with Crippen molar-refractivity contribution in [3.05, 3.63) is 48.0 Å². The Kier molecular flexibility index (Phi) is 7.96. The molecular weight excluding hydrogens is 512 g/mol. The summed E-state index contributed by atoms with van der Waals surface area (Å²) in [7, 11) is 0. The summed E-state index contributed by atoms with van der Waals surface area (Å²) in [6, 6.07) is 9.53. The number of carbonyl (C=O) groups excluding carboxylic acids is 1. The van der Waals surface area contributed by atoms with E-state index in [1.54, 1.807) is 0 Å². The van der Waals surface area contributed by atoms with Crippen molar-refractivity contribution in [3.8, 4) is 0 Å². The molecule has 41 heavy (non-hydrogen) atoms. The minimum Gasteiger partial charge on any atom is -0.458 e. The fourth-order valence-corrected chi connectivity index (χ4v) is 10.4. The maximum absolute atomic E-state index is 13.5. The van der Waals surface area contributed by atoms with E-state index in [2.05, 4.69) is 40.7 Å². The smallest absolute Gasteiger partial charge is 0.338 e. The van der Waals surface area contributed by atoms with Crippen LogP contribution in [0.25, 0.3) is 0 Å². The van der Waals surface area contributed by atoms with Crippen molar-refractivity contribution < 1.29 is 24.1 Å². The first-order valence-electron chi connectivity index (χ1n) is 16.5. The molecular formula is C36H52O5. The van der Waals surface area contributed by atoms with Crippen molar-refractivity contribution in [1.29, 1.82) is 0 Å². The Morgan fingerprint density at radius 1 is 0.951 bits per heavy atom. The second-order valence-corrected chi connectivity index (χ2v) is 15.1. The zero-order chi connectivity index (χ0) is 29.0. The molecule has 226 valence electrons. The van der Waals surface area contributed by atoms with E-state index >= 15 is 0 Å². The van der Waals surface area contributed by atoms with Crippen LogP contribution in [-0.2, 0) is 14.2 Å². The Labute approximate surface area is 247 Å². The third-order valence-electron chi connectivity index (χ3n) is 12.7. The van der Waals surface area contributed by atoms with Crippen molar-refractivity contribution in [2.75, 3.05) is 13.2 Å². The van der Waals surface area contributed by atoms with Gasteiger partial charge in [-0.2, -0.15) is 0 Å². The number of allylic oxidation sites excluding steroid dienone is 1. The number of hydrogen-bond donors (Lipinski definition) is 1. The quantitative estimate of drug-likeness (QED) is 0.287. The summed E-state index contributed by atoms with van der Waals surface area (Å²) in [6.07, 6.45) is 12.6. The molecule has 10 atom stereocenters. The summed E-state index contributed by atoms with van der Waals surface area (Å²) in [4.78, 5) is 13.5. The maximum Gasteiger partial charge on any atom is 0.338 e. The lowest BCUT2D eigenvalue weighted by atomic mass is 9.43. The number of aliphatic hydroxyl groups excluding tert-OH is 1. The van der Waals surface area contributed by atoms with Crippen LogP contribution in [0.5, 0.6) is 0 Å². The van der Waals surface area contributed by atoms with Crippen LogP contribution in [0, 0.1) is 52.3 Å². The SMILES string of the molecule is CC(C)[C@H](O)/C=C/[C@@H](C)[C@H]1CCC2C3C(CC[C@@]21C)[C@@]1(C)CCC2(C[C@@H]1C[C@H]3OC(=O)c1ccccc1)OCCO2. The van der Waals surface area contributed by atoms with E-state index in [1.807, 2.05) is 36.4 Å². The fourth-order valence-electron chi connectivity index (χ4n) is 10.4. The minimum atomic E-state index is -0.436. The number of hydrogen-bond acceptors (Lipinski definition) is 5. The molecule has 1 spiro atoms. The maximum atomic E-state index is 13.5. The summed E-state index contributed by atoms with van der Waals surface area (Å²) < 4.78 is 19.0. The fraction of sp³-hybridized carbons (Fsp3) is 0.750. The van der Waals surface area contributed by atoms with Crippen molar-refractivity contribution in [3.63, 3.8) is 0 Å². The van der Waals surface area contributed by atoms with Gasteiger partial charge in [-0.15, -0.1) is 0 Å². The zero-order valence-electron chi connectivity index (χ0n) is 25.9. The van der Waals surface area contributed by atoms with Gasteiger partial charge in [0, 0.05) is 18.8 Å². The summed E-state index contributed by atoms with van der Waals surface area (Å²) >= 11 is 0. The number of ether oxygens (including phenoxy) is 3. The number of aliphatic hydroxyl groups is 1. The molecule has 5 heteroatoms. The molecule has 0 bridgehead atoms. The van der Waals surface area contributed by atoms with Crippen molar-refractivity contribution in [1.82, 2.24) is 0 Å². The van der Waals surface area contributed by atoms with Gasteiger partial charge < -0.3 is 19.3 Å². The number of benzene rings is 1. The van der Waals surface area contributed by atoms with Gasteiger partial charge >= 0.3 is 5.97 Å². The number of carbonyl (C=O) groups is 1. The molecule has 4 aliphatic carbocycles. The van der Waals surface area contributed by atoms with Crippen LogP contribution in [0.1, 0.15) is 96.3 Å². The van der Waals surface area contributed by atoms with Crippen molar-refractivity contribution in [2.24, 2.45) is 52.3 Å². The highest BCUT2D eigenvalue weighted by atomic mass is 16.7. The van der Waals surface area contributed by atoms with E-state index < -0.39 is 11.9 Å². The summed E-state index contributed by atoms with van der Waals surface area (Å²) in [5.41, 5.74) is 1.07. The van der Waals surface area contributed by atoms with Gasteiger partial charge in [-0.05, 0) is 97.0 Å². The van der Waals surface area contributed by atoms with Crippen LogP contribution in [0.4, 0.5) is 0 Å². The predicted octanol–water partition coefficient (Wildman–Crippen LogP) is 7.43. The largest absolute Gasteiger partial charge is 0.458 e. The molecule has 5 nitrogen and oxygen atoms in total. The molecule has 1 aromatic carbocycles. The van der Waals surface area contributed by atoms with Crippen molar-refractivity contribution >= 4 is 5.97 Å². The number of rotatable bonds is 6. The standard InChI is InChI=1S/C36H52O5/c1-23(2)30(37)14-11-24(3)27-12-13-28-32-29(15-16-35(27,28)5)34(4)17-18-36(39-19-20-40-36)22-26(34)21-31(32)41-33(38)25-9-7-6-8-10-25/h6-11,14,23-24,26-32,37H,12-13,15-22H2,1-5H3/b14-11+/t24-,26+,27-,28?,29?,30-,31-,32?,34+,35-/m1/s1. The van der Waals surface area contributed by atoms with Crippen LogP contribution in [-0.4, -0.2) is 42.3 Å². The topological polar surface area (TPSA) is 65.0 Å². The van der Waals surface area contributed by atoms with Crippen LogP contribution in [0.2, 0.25) is 0 Å². The van der Waals surface area contributed by atoms with E-state index in [4.69, 9.17) is 14.2 Å². The normalized spacial score (nSPS) is 41.1. The molecule has 5 fully saturated rings. The number of esters is 1. The second kappa shape index (κ2) is 11.1. The highest BCUT2D eigenvalue weighted by Gasteiger charge is 2.65. The van der Waals surface area contributed by atoms with E-state index in [0.717, 1.165) is 25.7 Å². The molecule has 1 saturated heterocycles. The first-order valence-corrected chi connectivity index (χ1v) is 16.5. The lowest BCUT2D eigenvalue weighted by Crippen LogP contribution is -2.60. The Balaban J connectivity index is 1.30. The van der Waals surface area contributed by atoms with Crippen LogP contribution in [0.15, 0.2) is 42.5 Å². The van der Waals surface area contributed by atoms with E-state index in [1.165, 1.54) is 25.7 Å². The Hall–Kier alpha value is -1.69. The molecule has 0 amide bonds. The first-order chi connectivity index (χ1) is 19.6. The van der Waals surface area contributed by atoms with Gasteiger partial charge in [-0.1, -0.05) is 65.0 Å². The Morgan fingerprint density at radius 2 is 1.66 bits per heavy atom. The zero-order valence-corrected chi connectivity index (χ0v) is 25.9. The van der Waals surface area contributed by atoms with E-state index in [0.29, 0.717) is 54.3 Å². The molecule has 3 unspecified atom stereocenters. The highest BCUT2D eigenvalue weighted by molar-refractivity contribution is 5.89. The third kappa shape index (κ3) is 5.12. The minimum absolute atomic E-state index is 0.0840. The molecule has 6 rings (SSSR count). The summed E-state index contributed by atoms with van der Waals surface area (Å²) in [6.45, 7) is 12.9. The molecule has 0 radical (unpaired) electrons. The Morgan fingerprint density at radius 3 is 2.37 bits per heavy atom. The Bertz CT molecular complexity index is 1110. The molecule has 1 aromatic rings. The van der Waals surface area contributed by atoms with Gasteiger partial charge in [0.1, 0.15) is 6.10 Å². The molecule has 1 N–H and O–H groups in total. The highest BCUT2D eigenvalue weighted by Crippen LogP contribution is 2.69. The lowest BCUT2D eigenvalue weighted by Gasteiger charge is -2.63. The van der Waals surface area contributed by atoms with Crippen molar-refractivity contribution in [2.45, 2.75) is 104 Å². The lowest BCUT2D eigenvalue weighted by molar-refractivity contribution is -0.242. The molecule has 4 saturated carbocycles. The van der Waals surface area contributed by atoms with E-state index in [-0.39, 0.29) is 28.8 Å². The van der Waals surface area contributed by atoms with Gasteiger partial charge in [0.2, 0.25) is 0 Å². The van der Waals surface area contributed by atoms with Crippen LogP contribution < -0.4 is 0 Å².